The van der Waals surface area contributed by atoms with Crippen molar-refractivity contribution in [1.29, 1.82) is 0 Å². The topological polar surface area (TPSA) is 82.4 Å². The molecule has 0 N–H and O–H groups in total. The van der Waals surface area contributed by atoms with E-state index in [0.29, 0.717) is 38.3 Å². The molecule has 38 heavy (non-hydrogen) atoms. The van der Waals surface area contributed by atoms with Gasteiger partial charge in [0.2, 0.25) is 0 Å². The summed E-state index contributed by atoms with van der Waals surface area (Å²) in [6, 6.07) is 23.6. The Kier molecular flexibility index (Phi) is 7.70. The average molecular weight is 537 g/mol. The predicted octanol–water partition coefficient (Wildman–Crippen LogP) is 5.28. The second-order valence-corrected chi connectivity index (χ2v) is 13.2. The van der Waals surface area contributed by atoms with Gasteiger partial charge in [0.1, 0.15) is 62.5 Å². The van der Waals surface area contributed by atoms with E-state index in [-0.39, 0.29) is 18.3 Å². The Balaban J connectivity index is 1.28. The molecule has 3 aliphatic heterocycles. The zero-order chi connectivity index (χ0) is 25.8. The lowest BCUT2D eigenvalue weighted by atomic mass is 10.2. The van der Waals surface area contributed by atoms with Gasteiger partial charge in [-0.15, -0.1) is 0 Å². The molecule has 0 aromatic heterocycles. The molecule has 0 radical (unpaired) electrons. The van der Waals surface area contributed by atoms with Crippen molar-refractivity contribution in [2.45, 2.75) is 36.8 Å². The van der Waals surface area contributed by atoms with Crippen molar-refractivity contribution < 1.29 is 33.0 Å². The maximum atomic E-state index is 15.0. The highest BCUT2D eigenvalue weighted by Crippen LogP contribution is 2.57. The van der Waals surface area contributed by atoms with E-state index in [1.165, 1.54) is 0 Å². The maximum Gasteiger partial charge on any atom is 0.123 e. The molecule has 3 aromatic carbocycles. The van der Waals surface area contributed by atoms with Gasteiger partial charge in [-0.3, -0.25) is 0 Å². The van der Waals surface area contributed by atoms with Crippen molar-refractivity contribution in [3.8, 4) is 17.2 Å². The standard InChI is InChI=1S/C30H33O7P/c31-38(19-22-7-1-4-10-28(22)35-16-25-13-32-25,20-23-8-2-5-11-29(23)36-17-26-14-33-26)21-24-9-3-6-12-30(24)37-18-27-15-34-27/h1-12,25-27H,13-21H2. The SMILES string of the molecule is O=P(Cc1ccccc1OCC1CO1)(Cc1ccccc1OCC1CO1)Cc1ccccc1OCC1CO1. The van der Waals surface area contributed by atoms with Crippen LogP contribution in [0.4, 0.5) is 0 Å². The van der Waals surface area contributed by atoms with Crippen molar-refractivity contribution in [3.63, 3.8) is 0 Å². The second-order valence-electron chi connectivity index (χ2n) is 10.2. The molecule has 3 fully saturated rings. The molecule has 0 saturated carbocycles. The first kappa shape index (κ1) is 25.4. The van der Waals surface area contributed by atoms with Crippen LogP contribution in [-0.2, 0) is 37.3 Å². The van der Waals surface area contributed by atoms with Gasteiger partial charge in [-0.05, 0) is 18.2 Å². The third-order valence-electron chi connectivity index (χ3n) is 6.77. The Hall–Kier alpha value is -2.83. The van der Waals surface area contributed by atoms with Crippen molar-refractivity contribution in [1.82, 2.24) is 0 Å². The van der Waals surface area contributed by atoms with Gasteiger partial charge in [-0.1, -0.05) is 54.6 Å². The number of ether oxygens (including phenoxy) is 6. The summed E-state index contributed by atoms with van der Waals surface area (Å²) in [5.74, 6) is 2.28. The fourth-order valence-electron chi connectivity index (χ4n) is 4.47. The molecule has 3 aromatic rings. The number of benzene rings is 3. The highest BCUT2D eigenvalue weighted by Gasteiger charge is 2.30. The quantitative estimate of drug-likeness (QED) is 0.193. The lowest BCUT2D eigenvalue weighted by molar-refractivity contribution is 0.261. The van der Waals surface area contributed by atoms with E-state index < -0.39 is 7.14 Å². The Bertz CT molecular complexity index is 1130. The number of hydrogen-bond donors (Lipinski definition) is 0. The molecule has 0 spiro atoms. The summed E-state index contributed by atoms with van der Waals surface area (Å²) in [5, 5.41) is 0. The van der Waals surface area contributed by atoms with Crippen LogP contribution < -0.4 is 14.2 Å². The number of hydrogen-bond acceptors (Lipinski definition) is 7. The summed E-state index contributed by atoms with van der Waals surface area (Å²) < 4.78 is 49.2. The third kappa shape index (κ3) is 7.17. The van der Waals surface area contributed by atoms with Gasteiger partial charge in [0.25, 0.3) is 0 Å². The fraction of sp³-hybridized carbons (Fsp3) is 0.400. The fourth-order valence-corrected chi connectivity index (χ4v) is 7.45. The first-order valence-corrected chi connectivity index (χ1v) is 15.4. The Morgan fingerprint density at radius 1 is 0.553 bits per heavy atom. The minimum absolute atomic E-state index is 0.147. The van der Waals surface area contributed by atoms with Crippen molar-refractivity contribution >= 4 is 7.14 Å². The van der Waals surface area contributed by atoms with Crippen LogP contribution in [-0.4, -0.2) is 58.0 Å². The van der Waals surface area contributed by atoms with Crippen LogP contribution in [0.5, 0.6) is 17.2 Å². The van der Waals surface area contributed by atoms with Gasteiger partial charge in [-0.25, -0.2) is 0 Å². The van der Waals surface area contributed by atoms with Crippen molar-refractivity contribution in [2.24, 2.45) is 0 Å². The highest BCUT2D eigenvalue weighted by molar-refractivity contribution is 7.61. The molecule has 0 bridgehead atoms. The predicted molar refractivity (Wildman–Crippen MR) is 144 cm³/mol. The summed E-state index contributed by atoms with van der Waals surface area (Å²) in [6.45, 7) is 3.69. The summed E-state index contributed by atoms with van der Waals surface area (Å²) in [6.07, 6.45) is 1.63. The van der Waals surface area contributed by atoms with E-state index in [1.54, 1.807) is 0 Å². The molecule has 0 aliphatic carbocycles. The molecule has 3 aliphatic rings. The van der Waals surface area contributed by atoms with Crippen LogP contribution in [0.25, 0.3) is 0 Å². The molecule has 7 nitrogen and oxygen atoms in total. The van der Waals surface area contributed by atoms with Crippen LogP contribution in [0.15, 0.2) is 72.8 Å². The molecular weight excluding hydrogens is 503 g/mol. The van der Waals surface area contributed by atoms with E-state index in [4.69, 9.17) is 28.4 Å². The normalized spacial score (nSPS) is 22.8. The largest absolute Gasteiger partial charge is 0.490 e. The number of para-hydroxylation sites is 3. The van der Waals surface area contributed by atoms with E-state index in [0.717, 1.165) is 53.8 Å². The minimum Gasteiger partial charge on any atom is -0.490 e. The van der Waals surface area contributed by atoms with Crippen LogP contribution in [0.3, 0.4) is 0 Å². The minimum atomic E-state index is -2.89. The molecule has 200 valence electrons. The summed E-state index contributed by atoms with van der Waals surface area (Å²) in [7, 11) is -2.89. The van der Waals surface area contributed by atoms with Gasteiger partial charge < -0.3 is 33.0 Å². The van der Waals surface area contributed by atoms with Crippen molar-refractivity contribution in [2.75, 3.05) is 39.6 Å². The van der Waals surface area contributed by atoms with Crippen LogP contribution >= 0.6 is 7.14 Å². The van der Waals surface area contributed by atoms with E-state index >= 15 is 0 Å². The smallest absolute Gasteiger partial charge is 0.123 e. The molecule has 3 saturated heterocycles. The molecular formula is C30H33O7P. The Morgan fingerprint density at radius 2 is 0.842 bits per heavy atom. The third-order valence-corrected chi connectivity index (χ3v) is 9.53. The lowest BCUT2D eigenvalue weighted by Crippen LogP contribution is -2.09. The summed E-state index contributed by atoms with van der Waals surface area (Å²) in [5.41, 5.74) is 2.81. The lowest BCUT2D eigenvalue weighted by Gasteiger charge is -2.23. The Labute approximate surface area is 223 Å². The molecule has 3 heterocycles. The van der Waals surface area contributed by atoms with Gasteiger partial charge in [0.05, 0.1) is 19.8 Å². The summed E-state index contributed by atoms with van der Waals surface area (Å²) in [4.78, 5) is 0. The number of rotatable bonds is 15. The van der Waals surface area contributed by atoms with Crippen molar-refractivity contribution in [3.05, 3.63) is 89.5 Å². The van der Waals surface area contributed by atoms with Gasteiger partial charge in [0, 0.05) is 35.2 Å². The second kappa shape index (κ2) is 11.5. The Morgan fingerprint density at radius 3 is 1.13 bits per heavy atom. The molecule has 3 atom stereocenters. The summed E-state index contributed by atoms with van der Waals surface area (Å²) >= 11 is 0. The molecule has 6 rings (SSSR count). The monoisotopic (exact) mass is 536 g/mol. The van der Waals surface area contributed by atoms with Gasteiger partial charge in [-0.2, -0.15) is 0 Å². The van der Waals surface area contributed by atoms with E-state index in [1.807, 2.05) is 72.8 Å². The van der Waals surface area contributed by atoms with Gasteiger partial charge in [0.15, 0.2) is 0 Å². The first-order valence-electron chi connectivity index (χ1n) is 13.2. The number of epoxide rings is 3. The van der Waals surface area contributed by atoms with E-state index in [9.17, 15) is 4.57 Å². The highest BCUT2D eigenvalue weighted by atomic mass is 31.2. The maximum absolute atomic E-state index is 15.0. The zero-order valence-corrected chi connectivity index (χ0v) is 22.2. The van der Waals surface area contributed by atoms with E-state index in [2.05, 4.69) is 0 Å². The van der Waals surface area contributed by atoms with Gasteiger partial charge >= 0.3 is 0 Å². The first-order chi connectivity index (χ1) is 18.6. The average Bonchev–Trinajstić information content (AvgIpc) is 3.77. The van der Waals surface area contributed by atoms with Crippen LogP contribution in [0.1, 0.15) is 16.7 Å². The zero-order valence-electron chi connectivity index (χ0n) is 21.3. The molecule has 3 unspecified atom stereocenters. The van der Waals surface area contributed by atoms with Crippen LogP contribution in [0, 0.1) is 0 Å². The molecule has 0 amide bonds. The molecule has 8 heteroatoms. The van der Waals surface area contributed by atoms with Crippen LogP contribution in [0.2, 0.25) is 0 Å².